The molecule has 0 aromatic heterocycles. The van der Waals surface area contributed by atoms with Crippen molar-refractivity contribution in [3.8, 4) is 0 Å². The zero-order chi connectivity index (χ0) is 12.3. The van der Waals surface area contributed by atoms with E-state index in [1.165, 1.54) is 6.07 Å². The van der Waals surface area contributed by atoms with E-state index in [9.17, 15) is 10.1 Å². The fourth-order valence-electron chi connectivity index (χ4n) is 1.29. The van der Waals surface area contributed by atoms with Crippen molar-refractivity contribution >= 4 is 17.1 Å². The van der Waals surface area contributed by atoms with Gasteiger partial charge in [-0.1, -0.05) is 19.9 Å². The molecule has 0 bridgehead atoms. The van der Waals surface area contributed by atoms with Gasteiger partial charge in [0.2, 0.25) is 0 Å². The van der Waals surface area contributed by atoms with Crippen LogP contribution in [0.15, 0.2) is 18.2 Å². The van der Waals surface area contributed by atoms with Crippen LogP contribution in [-0.4, -0.2) is 11.0 Å². The maximum Gasteiger partial charge on any atom is 0.314 e. The topological polar surface area (TPSA) is 81.2 Å². The SMILES string of the molecule is CC(C)C(C)Nc1cccc(N)c1[N+](=O)[O-]. The Kier molecular flexibility index (Phi) is 3.71. The summed E-state index contributed by atoms with van der Waals surface area (Å²) in [7, 11) is 0. The molecule has 0 spiro atoms. The van der Waals surface area contributed by atoms with Gasteiger partial charge in [-0.15, -0.1) is 0 Å². The number of nitro benzene ring substituents is 1. The Hall–Kier alpha value is -1.78. The average molecular weight is 223 g/mol. The first-order valence-corrected chi connectivity index (χ1v) is 5.23. The molecule has 1 aromatic rings. The Morgan fingerprint density at radius 1 is 1.38 bits per heavy atom. The standard InChI is InChI=1S/C11H17N3O2/c1-7(2)8(3)13-10-6-4-5-9(12)11(10)14(15)16/h4-8,13H,12H2,1-3H3. The van der Waals surface area contributed by atoms with Crippen molar-refractivity contribution < 1.29 is 4.92 Å². The van der Waals surface area contributed by atoms with Crippen LogP contribution in [0.3, 0.4) is 0 Å². The highest BCUT2D eigenvalue weighted by Crippen LogP contribution is 2.31. The minimum Gasteiger partial charge on any atom is -0.393 e. The second kappa shape index (κ2) is 4.83. The fourth-order valence-corrected chi connectivity index (χ4v) is 1.29. The van der Waals surface area contributed by atoms with Gasteiger partial charge in [0, 0.05) is 6.04 Å². The van der Waals surface area contributed by atoms with E-state index in [1.54, 1.807) is 12.1 Å². The molecule has 5 nitrogen and oxygen atoms in total. The van der Waals surface area contributed by atoms with Crippen molar-refractivity contribution in [1.29, 1.82) is 0 Å². The molecule has 0 aliphatic heterocycles. The van der Waals surface area contributed by atoms with Crippen LogP contribution < -0.4 is 11.1 Å². The van der Waals surface area contributed by atoms with Gasteiger partial charge >= 0.3 is 5.69 Å². The van der Waals surface area contributed by atoms with Crippen LogP contribution in [0.2, 0.25) is 0 Å². The fraction of sp³-hybridized carbons (Fsp3) is 0.455. The molecule has 16 heavy (non-hydrogen) atoms. The van der Waals surface area contributed by atoms with Crippen molar-refractivity contribution in [3.05, 3.63) is 28.3 Å². The van der Waals surface area contributed by atoms with Gasteiger partial charge in [0.1, 0.15) is 11.4 Å². The quantitative estimate of drug-likeness (QED) is 0.467. The average Bonchev–Trinajstić information content (AvgIpc) is 2.16. The lowest BCUT2D eigenvalue weighted by atomic mass is 10.1. The van der Waals surface area contributed by atoms with Crippen LogP contribution >= 0.6 is 0 Å². The first-order valence-electron chi connectivity index (χ1n) is 5.23. The molecule has 0 aliphatic carbocycles. The molecule has 1 rings (SSSR count). The maximum atomic E-state index is 10.9. The van der Waals surface area contributed by atoms with E-state index in [0.717, 1.165) is 0 Å². The van der Waals surface area contributed by atoms with Crippen LogP contribution in [0.5, 0.6) is 0 Å². The van der Waals surface area contributed by atoms with Gasteiger partial charge in [0.15, 0.2) is 0 Å². The number of nitrogens with two attached hydrogens (primary N) is 1. The Labute approximate surface area is 94.8 Å². The molecule has 3 N–H and O–H groups in total. The number of hydrogen-bond donors (Lipinski definition) is 2. The van der Waals surface area contributed by atoms with Gasteiger partial charge < -0.3 is 11.1 Å². The van der Waals surface area contributed by atoms with Crippen molar-refractivity contribution in [1.82, 2.24) is 0 Å². The van der Waals surface area contributed by atoms with E-state index in [-0.39, 0.29) is 17.4 Å². The minimum absolute atomic E-state index is 0.0463. The highest BCUT2D eigenvalue weighted by atomic mass is 16.6. The number of rotatable bonds is 4. The Morgan fingerprint density at radius 2 is 2.00 bits per heavy atom. The van der Waals surface area contributed by atoms with Crippen LogP contribution in [0.4, 0.5) is 17.1 Å². The van der Waals surface area contributed by atoms with Gasteiger partial charge in [-0.2, -0.15) is 0 Å². The first-order chi connectivity index (χ1) is 7.43. The number of hydrogen-bond acceptors (Lipinski definition) is 4. The van der Waals surface area contributed by atoms with Gasteiger partial charge in [-0.25, -0.2) is 0 Å². The minimum atomic E-state index is -0.454. The summed E-state index contributed by atoms with van der Waals surface area (Å²) in [6.45, 7) is 6.09. The second-order valence-corrected chi connectivity index (χ2v) is 4.18. The van der Waals surface area contributed by atoms with E-state index in [4.69, 9.17) is 5.73 Å². The van der Waals surface area contributed by atoms with Crippen LogP contribution in [0.25, 0.3) is 0 Å². The molecule has 0 saturated heterocycles. The summed E-state index contributed by atoms with van der Waals surface area (Å²) in [5, 5.41) is 14.0. The van der Waals surface area contributed by atoms with Crippen molar-refractivity contribution in [2.75, 3.05) is 11.1 Å². The lowest BCUT2D eigenvalue weighted by molar-refractivity contribution is -0.383. The molecule has 1 aromatic carbocycles. The summed E-state index contributed by atoms with van der Waals surface area (Å²) < 4.78 is 0. The van der Waals surface area contributed by atoms with Crippen LogP contribution in [0, 0.1) is 16.0 Å². The molecule has 0 fully saturated rings. The number of nitrogens with one attached hydrogen (secondary N) is 1. The third-order valence-electron chi connectivity index (χ3n) is 2.63. The molecular formula is C11H17N3O2. The Morgan fingerprint density at radius 3 is 2.50 bits per heavy atom. The highest BCUT2D eigenvalue weighted by Gasteiger charge is 2.19. The molecule has 5 heteroatoms. The van der Waals surface area contributed by atoms with E-state index < -0.39 is 4.92 Å². The maximum absolute atomic E-state index is 10.9. The van der Waals surface area contributed by atoms with E-state index in [0.29, 0.717) is 11.6 Å². The lowest BCUT2D eigenvalue weighted by Gasteiger charge is -2.18. The molecule has 0 heterocycles. The number of benzene rings is 1. The van der Waals surface area contributed by atoms with Gasteiger partial charge in [-0.3, -0.25) is 10.1 Å². The summed E-state index contributed by atoms with van der Waals surface area (Å²) in [5.41, 5.74) is 6.21. The predicted molar refractivity (Wildman–Crippen MR) is 65.4 cm³/mol. The van der Waals surface area contributed by atoms with E-state index in [2.05, 4.69) is 19.2 Å². The van der Waals surface area contributed by atoms with Gasteiger partial charge in [-0.05, 0) is 25.0 Å². The Bertz CT molecular complexity index is 391. The van der Waals surface area contributed by atoms with E-state index in [1.807, 2.05) is 6.92 Å². The first kappa shape index (κ1) is 12.3. The van der Waals surface area contributed by atoms with E-state index >= 15 is 0 Å². The normalized spacial score (nSPS) is 12.5. The lowest BCUT2D eigenvalue weighted by Crippen LogP contribution is -2.22. The summed E-state index contributed by atoms with van der Waals surface area (Å²) in [6.07, 6.45) is 0. The molecular weight excluding hydrogens is 206 g/mol. The Balaban J connectivity index is 3.04. The van der Waals surface area contributed by atoms with Crippen molar-refractivity contribution in [2.24, 2.45) is 5.92 Å². The largest absolute Gasteiger partial charge is 0.393 e. The molecule has 0 radical (unpaired) electrons. The van der Waals surface area contributed by atoms with Gasteiger partial charge in [0.05, 0.1) is 4.92 Å². The summed E-state index contributed by atoms with van der Waals surface area (Å²) in [6, 6.07) is 5.06. The zero-order valence-electron chi connectivity index (χ0n) is 9.73. The smallest absolute Gasteiger partial charge is 0.314 e. The highest BCUT2D eigenvalue weighted by molar-refractivity contribution is 5.74. The number of para-hydroxylation sites is 1. The molecule has 0 saturated carbocycles. The second-order valence-electron chi connectivity index (χ2n) is 4.18. The molecule has 0 aliphatic rings. The van der Waals surface area contributed by atoms with Crippen LogP contribution in [0.1, 0.15) is 20.8 Å². The zero-order valence-corrected chi connectivity index (χ0v) is 9.73. The van der Waals surface area contributed by atoms with Crippen LogP contribution in [-0.2, 0) is 0 Å². The monoisotopic (exact) mass is 223 g/mol. The summed E-state index contributed by atoms with van der Waals surface area (Å²) in [4.78, 5) is 10.4. The number of nitrogens with zero attached hydrogens (tertiary/aromatic N) is 1. The third-order valence-corrected chi connectivity index (χ3v) is 2.63. The number of anilines is 2. The molecule has 88 valence electrons. The summed E-state index contributed by atoms with van der Waals surface area (Å²) in [5.74, 6) is 0.390. The molecule has 0 amide bonds. The molecule has 1 unspecified atom stereocenters. The molecule has 1 atom stereocenters. The predicted octanol–water partition coefficient (Wildman–Crippen LogP) is 2.63. The van der Waals surface area contributed by atoms with Crippen molar-refractivity contribution in [2.45, 2.75) is 26.8 Å². The number of nitrogen functional groups attached to an aromatic ring is 1. The number of nitro groups is 1. The van der Waals surface area contributed by atoms with Gasteiger partial charge in [0.25, 0.3) is 0 Å². The third kappa shape index (κ3) is 2.62. The summed E-state index contributed by atoms with van der Waals surface area (Å²) >= 11 is 0. The van der Waals surface area contributed by atoms with Crippen molar-refractivity contribution in [3.63, 3.8) is 0 Å².